The number of hydrogen-bond donors (Lipinski definition) is 0. The molecule has 24 heavy (non-hydrogen) atoms. The first-order valence-electron chi connectivity index (χ1n) is 8.17. The average molecular weight is 332 g/mol. The molecule has 0 aliphatic heterocycles. The van der Waals surface area contributed by atoms with Crippen molar-refractivity contribution in [2.75, 3.05) is 0 Å². The van der Waals surface area contributed by atoms with Crippen molar-refractivity contribution in [2.24, 2.45) is 4.99 Å². The van der Waals surface area contributed by atoms with Gasteiger partial charge in [0.25, 0.3) is 0 Å². The highest BCUT2D eigenvalue weighted by Gasteiger charge is 2.28. The summed E-state index contributed by atoms with van der Waals surface area (Å²) in [5.41, 5.74) is 3.06. The third-order valence-electron chi connectivity index (χ3n) is 4.31. The molecule has 4 heteroatoms. The van der Waals surface area contributed by atoms with Crippen molar-refractivity contribution in [3.63, 3.8) is 0 Å². The van der Waals surface area contributed by atoms with Crippen LogP contribution in [0.1, 0.15) is 18.9 Å². The van der Waals surface area contributed by atoms with Gasteiger partial charge in [0.1, 0.15) is 5.58 Å². The Hall–Kier alpha value is -2.59. The van der Waals surface area contributed by atoms with Gasteiger partial charge in [-0.1, -0.05) is 36.4 Å². The molecular weight excluding hydrogens is 316 g/mol. The fraction of sp³-hybridized carbons (Fsp3) is 0.150. The maximum atomic E-state index is 6.08. The lowest BCUT2D eigenvalue weighted by molar-refractivity contribution is 0.613. The van der Waals surface area contributed by atoms with Gasteiger partial charge in [0.15, 0.2) is 10.6 Å². The average Bonchev–Trinajstić information content (AvgIpc) is 3.22. The minimum Gasteiger partial charge on any atom is -0.454 e. The lowest BCUT2D eigenvalue weighted by Gasteiger charge is -2.04. The number of nitrogens with zero attached hydrogens (tertiary/aromatic N) is 2. The molecule has 2 aromatic carbocycles. The Balaban J connectivity index is 1.68. The maximum absolute atomic E-state index is 6.08. The summed E-state index contributed by atoms with van der Waals surface area (Å²) >= 11 is 1.68. The second-order valence-corrected chi connectivity index (χ2v) is 6.94. The third kappa shape index (κ3) is 2.39. The standard InChI is InChI=1S/C20H16N2OS/c1-2-7-15(8-3-1)21-20-22(16-10-11-16)17(13-24-20)19-12-14-6-4-5-9-18(14)23-19/h1-9,12-13,16H,10-11H2. The first-order chi connectivity index (χ1) is 11.9. The molecule has 1 fully saturated rings. The van der Waals surface area contributed by atoms with Crippen molar-refractivity contribution in [2.45, 2.75) is 18.9 Å². The highest BCUT2D eigenvalue weighted by Crippen LogP contribution is 2.39. The number of para-hydroxylation sites is 2. The van der Waals surface area contributed by atoms with Crippen LogP contribution in [0.4, 0.5) is 5.69 Å². The molecule has 0 saturated heterocycles. The minimum absolute atomic E-state index is 0.543. The summed E-state index contributed by atoms with van der Waals surface area (Å²) in [6, 6.07) is 21.0. The van der Waals surface area contributed by atoms with Crippen LogP contribution in [0.3, 0.4) is 0 Å². The second kappa shape index (κ2) is 5.49. The SMILES string of the molecule is c1ccc(N=c2scc(-c3cc4ccccc4o3)n2C2CC2)cc1. The van der Waals surface area contributed by atoms with E-state index < -0.39 is 0 Å². The van der Waals surface area contributed by atoms with Crippen LogP contribution in [0.2, 0.25) is 0 Å². The molecule has 3 nitrogen and oxygen atoms in total. The van der Waals surface area contributed by atoms with E-state index in [0.29, 0.717) is 6.04 Å². The molecule has 1 saturated carbocycles. The molecule has 1 aliphatic rings. The van der Waals surface area contributed by atoms with Crippen LogP contribution in [0, 0.1) is 0 Å². The van der Waals surface area contributed by atoms with Gasteiger partial charge in [-0.15, -0.1) is 11.3 Å². The summed E-state index contributed by atoms with van der Waals surface area (Å²) in [4.78, 5) is 5.88. The van der Waals surface area contributed by atoms with E-state index in [-0.39, 0.29) is 0 Å². The number of rotatable bonds is 3. The van der Waals surface area contributed by atoms with E-state index >= 15 is 0 Å². The molecule has 5 rings (SSSR count). The fourth-order valence-electron chi connectivity index (χ4n) is 2.99. The first kappa shape index (κ1) is 13.8. The number of hydrogen-bond acceptors (Lipinski definition) is 3. The van der Waals surface area contributed by atoms with Crippen LogP contribution >= 0.6 is 11.3 Å². The van der Waals surface area contributed by atoms with E-state index in [0.717, 1.165) is 32.9 Å². The Morgan fingerprint density at radius 2 is 1.79 bits per heavy atom. The molecule has 118 valence electrons. The molecule has 0 radical (unpaired) electrons. The van der Waals surface area contributed by atoms with Crippen molar-refractivity contribution in [1.82, 2.24) is 4.57 Å². The quantitative estimate of drug-likeness (QED) is 0.485. The zero-order chi connectivity index (χ0) is 15.9. The van der Waals surface area contributed by atoms with Crippen LogP contribution in [0.15, 0.2) is 75.5 Å². The van der Waals surface area contributed by atoms with Gasteiger partial charge in [-0.05, 0) is 37.1 Å². The highest BCUT2D eigenvalue weighted by molar-refractivity contribution is 7.07. The zero-order valence-electron chi connectivity index (χ0n) is 13.1. The molecular formula is C20H16N2OS. The van der Waals surface area contributed by atoms with Crippen LogP contribution in [-0.4, -0.2) is 4.57 Å². The molecule has 0 unspecified atom stereocenters. The summed E-state index contributed by atoms with van der Waals surface area (Å²) in [6.45, 7) is 0. The molecule has 0 atom stereocenters. The number of thiazole rings is 1. The fourth-order valence-corrected chi connectivity index (χ4v) is 3.95. The molecule has 2 aromatic heterocycles. The summed E-state index contributed by atoms with van der Waals surface area (Å²) in [5.74, 6) is 0.925. The largest absolute Gasteiger partial charge is 0.454 e. The van der Waals surface area contributed by atoms with Gasteiger partial charge in [0, 0.05) is 16.8 Å². The number of furan rings is 1. The van der Waals surface area contributed by atoms with E-state index in [2.05, 4.69) is 22.1 Å². The summed E-state index contributed by atoms with van der Waals surface area (Å²) in [7, 11) is 0. The smallest absolute Gasteiger partial charge is 0.190 e. The van der Waals surface area contributed by atoms with Gasteiger partial charge in [-0.25, -0.2) is 4.99 Å². The van der Waals surface area contributed by atoms with E-state index in [1.54, 1.807) is 11.3 Å². The lowest BCUT2D eigenvalue weighted by Crippen LogP contribution is -2.14. The second-order valence-electron chi connectivity index (χ2n) is 6.10. The van der Waals surface area contributed by atoms with Gasteiger partial charge >= 0.3 is 0 Å². The van der Waals surface area contributed by atoms with Crippen molar-refractivity contribution in [1.29, 1.82) is 0 Å². The molecule has 0 bridgehead atoms. The Kier molecular flexibility index (Phi) is 3.16. The Bertz CT molecular complexity index is 1030. The van der Waals surface area contributed by atoms with Gasteiger partial charge in [-0.3, -0.25) is 0 Å². The summed E-state index contributed by atoms with van der Waals surface area (Å²) < 4.78 is 8.42. The first-order valence-corrected chi connectivity index (χ1v) is 9.05. The predicted octanol–water partition coefficient (Wildman–Crippen LogP) is 5.53. The van der Waals surface area contributed by atoms with Crippen LogP contribution in [0.5, 0.6) is 0 Å². The number of fused-ring (bicyclic) bond motifs is 1. The monoisotopic (exact) mass is 332 g/mol. The lowest BCUT2D eigenvalue weighted by atomic mass is 10.2. The van der Waals surface area contributed by atoms with Gasteiger partial charge in [0.05, 0.1) is 11.4 Å². The molecule has 2 heterocycles. The zero-order valence-corrected chi connectivity index (χ0v) is 13.9. The predicted molar refractivity (Wildman–Crippen MR) is 97.5 cm³/mol. The van der Waals surface area contributed by atoms with Gasteiger partial charge in [-0.2, -0.15) is 0 Å². The van der Waals surface area contributed by atoms with E-state index in [9.17, 15) is 0 Å². The molecule has 0 amide bonds. The van der Waals surface area contributed by atoms with Crippen LogP contribution in [0.25, 0.3) is 22.4 Å². The van der Waals surface area contributed by atoms with Crippen LogP contribution in [-0.2, 0) is 0 Å². The topological polar surface area (TPSA) is 30.4 Å². The third-order valence-corrected chi connectivity index (χ3v) is 5.15. The van der Waals surface area contributed by atoms with Gasteiger partial charge in [0.2, 0.25) is 0 Å². The summed E-state index contributed by atoms with van der Waals surface area (Å²) in [5, 5.41) is 3.31. The van der Waals surface area contributed by atoms with E-state index in [4.69, 9.17) is 9.41 Å². The molecule has 0 spiro atoms. The van der Waals surface area contributed by atoms with Gasteiger partial charge < -0.3 is 8.98 Å². The molecule has 1 aliphatic carbocycles. The van der Waals surface area contributed by atoms with E-state index in [1.165, 1.54) is 12.8 Å². The Morgan fingerprint density at radius 1 is 1.00 bits per heavy atom. The van der Waals surface area contributed by atoms with E-state index in [1.807, 2.05) is 48.5 Å². The minimum atomic E-state index is 0.543. The Morgan fingerprint density at radius 3 is 2.58 bits per heavy atom. The number of benzene rings is 2. The Labute approximate surface area is 143 Å². The van der Waals surface area contributed by atoms with Crippen molar-refractivity contribution < 1.29 is 4.42 Å². The number of aromatic nitrogens is 1. The normalized spacial score (nSPS) is 15.2. The van der Waals surface area contributed by atoms with Crippen molar-refractivity contribution >= 4 is 28.0 Å². The molecule has 4 aromatic rings. The summed E-state index contributed by atoms with van der Waals surface area (Å²) in [6.07, 6.45) is 2.43. The van der Waals surface area contributed by atoms with Crippen molar-refractivity contribution in [3.8, 4) is 11.5 Å². The maximum Gasteiger partial charge on any atom is 0.190 e. The molecule has 0 N–H and O–H groups in total. The highest BCUT2D eigenvalue weighted by atomic mass is 32.1. The van der Waals surface area contributed by atoms with Crippen molar-refractivity contribution in [3.05, 3.63) is 70.8 Å². The van der Waals surface area contributed by atoms with Crippen LogP contribution < -0.4 is 4.80 Å².